The van der Waals surface area contributed by atoms with Crippen LogP contribution < -0.4 is 10.2 Å². The molecular weight excluding hydrogens is 371 g/mol. The SMILES string of the molecule is O=C(NC1CCN(c2cc(C(F)(F)F)ncn2)CC1)c1cc2ccccc2[nH]1. The van der Waals surface area contributed by atoms with Gasteiger partial charge in [-0.25, -0.2) is 9.97 Å². The van der Waals surface area contributed by atoms with Gasteiger partial charge < -0.3 is 15.2 Å². The quantitative estimate of drug-likeness (QED) is 0.720. The monoisotopic (exact) mass is 389 g/mol. The average molecular weight is 389 g/mol. The summed E-state index contributed by atoms with van der Waals surface area (Å²) in [5, 5.41) is 3.96. The van der Waals surface area contributed by atoms with Crippen molar-refractivity contribution in [3.8, 4) is 0 Å². The molecule has 28 heavy (non-hydrogen) atoms. The van der Waals surface area contributed by atoms with Crippen LogP contribution in [0.25, 0.3) is 10.9 Å². The van der Waals surface area contributed by atoms with E-state index in [1.54, 1.807) is 11.0 Å². The first-order valence-electron chi connectivity index (χ1n) is 8.93. The van der Waals surface area contributed by atoms with Crippen LogP contribution in [0.4, 0.5) is 19.0 Å². The Hall–Kier alpha value is -3.10. The van der Waals surface area contributed by atoms with Crippen molar-refractivity contribution >= 4 is 22.6 Å². The van der Waals surface area contributed by atoms with Gasteiger partial charge in [0.1, 0.15) is 23.5 Å². The molecule has 0 radical (unpaired) electrons. The summed E-state index contributed by atoms with van der Waals surface area (Å²) in [4.78, 5) is 24.6. The number of amides is 1. The van der Waals surface area contributed by atoms with E-state index in [2.05, 4.69) is 20.3 Å². The predicted molar refractivity (Wildman–Crippen MR) is 98.0 cm³/mol. The third-order valence-corrected chi connectivity index (χ3v) is 4.87. The normalized spacial score (nSPS) is 15.8. The Kier molecular flexibility index (Phi) is 4.66. The molecule has 2 N–H and O–H groups in total. The number of anilines is 1. The number of alkyl halides is 3. The Balaban J connectivity index is 1.37. The molecule has 1 saturated heterocycles. The van der Waals surface area contributed by atoms with Crippen molar-refractivity contribution in [2.75, 3.05) is 18.0 Å². The standard InChI is InChI=1S/C19H18F3N5O/c20-19(21,22)16-10-17(24-11-23-16)27-7-5-13(6-8-27)25-18(28)15-9-12-3-1-2-4-14(12)26-15/h1-4,9-11,13,26H,5-8H2,(H,25,28). The molecule has 6 nitrogen and oxygen atoms in total. The maximum Gasteiger partial charge on any atom is 0.433 e. The lowest BCUT2D eigenvalue weighted by Crippen LogP contribution is -2.45. The molecule has 0 saturated carbocycles. The molecule has 0 atom stereocenters. The molecule has 9 heteroatoms. The summed E-state index contributed by atoms with van der Waals surface area (Å²) in [6, 6.07) is 10.4. The Morgan fingerprint density at radius 3 is 2.61 bits per heavy atom. The summed E-state index contributed by atoms with van der Waals surface area (Å²) in [5.74, 6) is 0.0683. The van der Waals surface area contributed by atoms with Gasteiger partial charge in [0.25, 0.3) is 5.91 Å². The summed E-state index contributed by atoms with van der Waals surface area (Å²) in [5.41, 5.74) is 0.438. The summed E-state index contributed by atoms with van der Waals surface area (Å²) < 4.78 is 38.5. The topological polar surface area (TPSA) is 73.9 Å². The van der Waals surface area contributed by atoms with E-state index >= 15 is 0 Å². The molecule has 1 fully saturated rings. The fraction of sp³-hybridized carbons (Fsp3) is 0.316. The number of hydrogen-bond acceptors (Lipinski definition) is 4. The zero-order chi connectivity index (χ0) is 19.7. The number of nitrogens with one attached hydrogen (secondary N) is 2. The number of rotatable bonds is 3. The highest BCUT2D eigenvalue weighted by Gasteiger charge is 2.33. The van der Waals surface area contributed by atoms with E-state index in [1.165, 1.54) is 0 Å². The number of aromatic amines is 1. The molecule has 0 unspecified atom stereocenters. The number of fused-ring (bicyclic) bond motifs is 1. The van der Waals surface area contributed by atoms with Gasteiger partial charge in [-0.15, -0.1) is 0 Å². The Morgan fingerprint density at radius 1 is 1.14 bits per heavy atom. The molecule has 1 aliphatic heterocycles. The van der Waals surface area contributed by atoms with Crippen molar-refractivity contribution in [1.82, 2.24) is 20.3 Å². The molecule has 3 heterocycles. The second-order valence-electron chi connectivity index (χ2n) is 6.76. The number of carbonyl (C=O) groups is 1. The van der Waals surface area contributed by atoms with Crippen molar-refractivity contribution < 1.29 is 18.0 Å². The first kappa shape index (κ1) is 18.3. The lowest BCUT2D eigenvalue weighted by atomic mass is 10.0. The first-order chi connectivity index (χ1) is 13.4. The van der Waals surface area contributed by atoms with Crippen LogP contribution in [0.5, 0.6) is 0 Å². The van der Waals surface area contributed by atoms with Crippen LogP contribution in [0.1, 0.15) is 29.0 Å². The van der Waals surface area contributed by atoms with Gasteiger partial charge >= 0.3 is 6.18 Å². The number of hydrogen-bond donors (Lipinski definition) is 2. The third kappa shape index (κ3) is 3.78. The van der Waals surface area contributed by atoms with Crippen molar-refractivity contribution in [3.05, 3.63) is 54.1 Å². The molecule has 2 aromatic heterocycles. The lowest BCUT2D eigenvalue weighted by Gasteiger charge is -2.33. The minimum atomic E-state index is -4.50. The highest BCUT2D eigenvalue weighted by atomic mass is 19.4. The van der Waals surface area contributed by atoms with E-state index < -0.39 is 11.9 Å². The molecule has 4 rings (SSSR count). The maximum atomic E-state index is 12.8. The van der Waals surface area contributed by atoms with Gasteiger partial charge in [0.2, 0.25) is 0 Å². The fourth-order valence-corrected chi connectivity index (χ4v) is 3.39. The van der Waals surface area contributed by atoms with Gasteiger partial charge in [-0.2, -0.15) is 13.2 Å². The largest absolute Gasteiger partial charge is 0.433 e. The number of H-pyrrole nitrogens is 1. The smallest absolute Gasteiger partial charge is 0.356 e. The van der Waals surface area contributed by atoms with E-state index in [1.807, 2.05) is 24.3 Å². The number of carbonyl (C=O) groups excluding carboxylic acids is 1. The first-order valence-corrected chi connectivity index (χ1v) is 8.93. The Bertz CT molecular complexity index is 959. The van der Waals surface area contributed by atoms with Gasteiger partial charge in [-0.05, 0) is 25.0 Å². The maximum absolute atomic E-state index is 12.8. The molecule has 1 aromatic carbocycles. The average Bonchev–Trinajstić information content (AvgIpc) is 3.12. The molecule has 0 spiro atoms. The van der Waals surface area contributed by atoms with Gasteiger partial charge in [0.15, 0.2) is 0 Å². The molecule has 0 aliphatic carbocycles. The number of benzene rings is 1. The van der Waals surface area contributed by atoms with Crippen LogP contribution in [0.3, 0.4) is 0 Å². The third-order valence-electron chi connectivity index (χ3n) is 4.87. The van der Waals surface area contributed by atoms with Crippen molar-refractivity contribution in [1.29, 1.82) is 0 Å². The van der Waals surface area contributed by atoms with Crippen LogP contribution in [-0.4, -0.2) is 40.0 Å². The summed E-state index contributed by atoms with van der Waals surface area (Å²) in [6.07, 6.45) is -2.32. The van der Waals surface area contributed by atoms with E-state index in [-0.39, 0.29) is 17.8 Å². The fourth-order valence-electron chi connectivity index (χ4n) is 3.39. The molecular formula is C19H18F3N5O. The second kappa shape index (κ2) is 7.14. The molecule has 1 aliphatic rings. The molecule has 0 bridgehead atoms. The van der Waals surface area contributed by atoms with Crippen LogP contribution in [0.15, 0.2) is 42.7 Å². The summed E-state index contributed by atoms with van der Waals surface area (Å²) in [6.45, 7) is 1.01. The lowest BCUT2D eigenvalue weighted by molar-refractivity contribution is -0.141. The number of piperidine rings is 1. The minimum absolute atomic E-state index is 0.0425. The van der Waals surface area contributed by atoms with Crippen LogP contribution in [0, 0.1) is 0 Å². The summed E-state index contributed by atoms with van der Waals surface area (Å²) in [7, 11) is 0. The van der Waals surface area contributed by atoms with Crippen molar-refractivity contribution in [2.24, 2.45) is 0 Å². The van der Waals surface area contributed by atoms with Gasteiger partial charge in [-0.1, -0.05) is 18.2 Å². The van der Waals surface area contributed by atoms with Gasteiger partial charge in [0, 0.05) is 36.1 Å². The highest BCUT2D eigenvalue weighted by molar-refractivity contribution is 5.98. The van der Waals surface area contributed by atoms with Crippen LogP contribution >= 0.6 is 0 Å². The van der Waals surface area contributed by atoms with Gasteiger partial charge in [-0.3, -0.25) is 4.79 Å². The van der Waals surface area contributed by atoms with Crippen molar-refractivity contribution in [3.63, 3.8) is 0 Å². The summed E-state index contributed by atoms with van der Waals surface area (Å²) >= 11 is 0. The van der Waals surface area contributed by atoms with Crippen LogP contribution in [-0.2, 0) is 6.18 Å². The van der Waals surface area contributed by atoms with Gasteiger partial charge in [0.05, 0.1) is 0 Å². The Morgan fingerprint density at radius 2 is 1.89 bits per heavy atom. The second-order valence-corrected chi connectivity index (χ2v) is 6.76. The number of halogens is 3. The van der Waals surface area contributed by atoms with E-state index in [9.17, 15) is 18.0 Å². The highest BCUT2D eigenvalue weighted by Crippen LogP contribution is 2.29. The predicted octanol–water partition coefficient (Wildman–Crippen LogP) is 3.38. The zero-order valence-corrected chi connectivity index (χ0v) is 14.8. The number of aromatic nitrogens is 3. The Labute approximate surface area is 158 Å². The number of nitrogens with zero attached hydrogens (tertiary/aromatic N) is 3. The minimum Gasteiger partial charge on any atom is -0.356 e. The molecule has 3 aromatic rings. The molecule has 146 valence electrons. The number of para-hydroxylation sites is 1. The van der Waals surface area contributed by atoms with Crippen molar-refractivity contribution in [2.45, 2.75) is 25.1 Å². The molecule has 1 amide bonds. The van der Waals surface area contributed by atoms with E-state index in [4.69, 9.17) is 0 Å². The van der Waals surface area contributed by atoms with E-state index in [0.717, 1.165) is 23.3 Å². The zero-order valence-electron chi connectivity index (χ0n) is 14.8. The van der Waals surface area contributed by atoms with E-state index in [0.29, 0.717) is 31.6 Å². The van der Waals surface area contributed by atoms with Crippen LogP contribution in [0.2, 0.25) is 0 Å².